The molecule has 2 heteroatoms. The van der Waals surface area contributed by atoms with Gasteiger partial charge in [-0.3, -0.25) is 4.79 Å². The summed E-state index contributed by atoms with van der Waals surface area (Å²) in [4.78, 5) is 10.7. The molecule has 0 N–H and O–H groups in total. The molecule has 1 heterocycles. The second-order valence-corrected chi connectivity index (χ2v) is 5.35. The lowest BCUT2D eigenvalue weighted by Crippen LogP contribution is -1.89. The van der Waals surface area contributed by atoms with Gasteiger partial charge in [0.25, 0.3) is 0 Å². The van der Waals surface area contributed by atoms with Crippen molar-refractivity contribution in [1.29, 1.82) is 0 Å². The van der Waals surface area contributed by atoms with E-state index in [4.69, 9.17) is 0 Å². The molecule has 1 aromatic carbocycles. The molecule has 0 aliphatic heterocycles. The molecule has 0 saturated carbocycles. The Morgan fingerprint density at radius 1 is 1.24 bits per heavy atom. The van der Waals surface area contributed by atoms with Gasteiger partial charge in [0.2, 0.25) is 0 Å². The van der Waals surface area contributed by atoms with Gasteiger partial charge in [-0.15, -0.1) is 0 Å². The van der Waals surface area contributed by atoms with Gasteiger partial charge in [-0.05, 0) is 57.2 Å². The van der Waals surface area contributed by atoms with Crippen molar-refractivity contribution in [2.75, 3.05) is 0 Å². The third-order valence-electron chi connectivity index (χ3n) is 2.92. The highest BCUT2D eigenvalue weighted by molar-refractivity contribution is 7.09. The molecule has 1 nitrogen and oxygen atoms in total. The molecule has 2 rings (SSSR count). The molecule has 0 atom stereocenters. The lowest BCUT2D eigenvalue weighted by molar-refractivity contribution is -0.104. The first kappa shape index (κ1) is 12.1. The third kappa shape index (κ3) is 2.32. The summed E-state index contributed by atoms with van der Waals surface area (Å²) in [5.74, 6) is 0.525. The van der Waals surface area contributed by atoms with Gasteiger partial charge in [0.05, 0.1) is 0 Å². The van der Waals surface area contributed by atoms with Gasteiger partial charge in [0.15, 0.2) is 0 Å². The van der Waals surface area contributed by atoms with E-state index in [1.54, 1.807) is 11.3 Å². The fourth-order valence-electron chi connectivity index (χ4n) is 2.01. The van der Waals surface area contributed by atoms with Crippen molar-refractivity contribution in [3.05, 3.63) is 39.6 Å². The van der Waals surface area contributed by atoms with Crippen molar-refractivity contribution >= 4 is 34.5 Å². The van der Waals surface area contributed by atoms with Crippen LogP contribution >= 0.6 is 11.3 Å². The highest BCUT2D eigenvalue weighted by atomic mass is 32.1. The number of hydrogen-bond acceptors (Lipinski definition) is 2. The smallest absolute Gasteiger partial charge is 0.145 e. The Labute approximate surface area is 106 Å². The molecule has 2 aromatic rings. The lowest BCUT2D eigenvalue weighted by Gasteiger charge is -2.09. The number of fused-ring (bicyclic) bond motifs is 1. The molecular weight excluding hydrogens is 228 g/mol. The van der Waals surface area contributed by atoms with Crippen molar-refractivity contribution < 1.29 is 4.79 Å². The second kappa shape index (κ2) is 4.84. The predicted molar refractivity (Wildman–Crippen MR) is 75.6 cm³/mol. The zero-order valence-electron chi connectivity index (χ0n) is 10.4. The summed E-state index contributed by atoms with van der Waals surface area (Å²) in [7, 11) is 0. The molecule has 0 fully saturated rings. The number of benzene rings is 1. The van der Waals surface area contributed by atoms with Crippen molar-refractivity contribution in [3.63, 3.8) is 0 Å². The highest BCUT2D eigenvalue weighted by Crippen LogP contribution is 2.31. The molecule has 1 aromatic heterocycles. The molecular formula is C15H16OS. The Kier molecular flexibility index (Phi) is 3.43. The van der Waals surface area contributed by atoms with Gasteiger partial charge in [0.1, 0.15) is 6.29 Å². The Balaban J connectivity index is 2.65. The minimum absolute atomic E-state index is 0.525. The fraction of sp³-hybridized carbons (Fsp3) is 0.267. The van der Waals surface area contributed by atoms with Crippen LogP contribution in [0.1, 0.15) is 37.8 Å². The van der Waals surface area contributed by atoms with E-state index >= 15 is 0 Å². The minimum Gasteiger partial charge on any atom is -0.298 e. The van der Waals surface area contributed by atoms with Crippen LogP contribution in [0.3, 0.4) is 0 Å². The van der Waals surface area contributed by atoms with Crippen molar-refractivity contribution in [2.45, 2.75) is 26.7 Å². The Hall–Kier alpha value is -1.41. The van der Waals surface area contributed by atoms with Crippen LogP contribution in [0.5, 0.6) is 0 Å². The standard InChI is InChI=1S/C15H16OS/c1-10(2)13-5-4-12(6-11(3)7-16)14-8-17-9-15(13)14/h4-10H,1-3H3. The van der Waals surface area contributed by atoms with Crippen LogP contribution in [0.25, 0.3) is 16.8 Å². The Morgan fingerprint density at radius 2 is 1.94 bits per heavy atom. The van der Waals surface area contributed by atoms with Gasteiger partial charge in [0, 0.05) is 0 Å². The van der Waals surface area contributed by atoms with Crippen molar-refractivity contribution in [1.82, 2.24) is 0 Å². The SMILES string of the molecule is CC(C=O)=Cc1ccc(C(C)C)c2cscc12. The van der Waals surface area contributed by atoms with Crippen LogP contribution in [0.2, 0.25) is 0 Å². The first-order valence-electron chi connectivity index (χ1n) is 5.75. The fourth-order valence-corrected chi connectivity index (χ4v) is 2.88. The second-order valence-electron chi connectivity index (χ2n) is 4.60. The van der Waals surface area contributed by atoms with E-state index in [1.807, 2.05) is 13.0 Å². The maximum Gasteiger partial charge on any atom is 0.145 e. The number of rotatable bonds is 3. The van der Waals surface area contributed by atoms with Crippen molar-refractivity contribution in [2.24, 2.45) is 0 Å². The molecule has 0 bridgehead atoms. The van der Waals surface area contributed by atoms with E-state index in [9.17, 15) is 4.79 Å². The predicted octanol–water partition coefficient (Wildman–Crippen LogP) is 4.63. The number of carbonyl (C=O) groups is 1. The molecule has 0 aliphatic rings. The quantitative estimate of drug-likeness (QED) is 0.568. The van der Waals surface area contributed by atoms with Gasteiger partial charge < -0.3 is 0 Å². The summed E-state index contributed by atoms with van der Waals surface area (Å²) in [5, 5.41) is 6.92. The molecule has 0 radical (unpaired) electrons. The summed E-state index contributed by atoms with van der Waals surface area (Å²) >= 11 is 1.72. The molecule has 0 spiro atoms. The van der Waals surface area contributed by atoms with Crippen LogP contribution in [0, 0.1) is 0 Å². The van der Waals surface area contributed by atoms with Gasteiger partial charge in [-0.1, -0.05) is 26.0 Å². The van der Waals surface area contributed by atoms with E-state index in [2.05, 4.69) is 36.7 Å². The Bertz CT molecular complexity index is 576. The molecule has 88 valence electrons. The summed E-state index contributed by atoms with van der Waals surface area (Å²) < 4.78 is 0. The van der Waals surface area contributed by atoms with Crippen LogP contribution in [-0.2, 0) is 4.79 Å². The Morgan fingerprint density at radius 3 is 2.59 bits per heavy atom. The van der Waals surface area contributed by atoms with Crippen LogP contribution in [-0.4, -0.2) is 6.29 Å². The maximum absolute atomic E-state index is 10.7. The van der Waals surface area contributed by atoms with Crippen molar-refractivity contribution in [3.8, 4) is 0 Å². The van der Waals surface area contributed by atoms with E-state index < -0.39 is 0 Å². The van der Waals surface area contributed by atoms with Crippen LogP contribution in [0.15, 0.2) is 28.5 Å². The van der Waals surface area contributed by atoms with Gasteiger partial charge in [-0.25, -0.2) is 0 Å². The number of aldehydes is 1. The number of allylic oxidation sites excluding steroid dienone is 1. The third-order valence-corrected chi connectivity index (χ3v) is 3.66. The van der Waals surface area contributed by atoms with Crippen LogP contribution in [0.4, 0.5) is 0 Å². The molecule has 17 heavy (non-hydrogen) atoms. The first-order chi connectivity index (χ1) is 8.13. The largest absolute Gasteiger partial charge is 0.298 e. The van der Waals surface area contributed by atoms with E-state index in [1.165, 1.54) is 16.3 Å². The summed E-state index contributed by atoms with van der Waals surface area (Å²) in [6.07, 6.45) is 2.85. The summed E-state index contributed by atoms with van der Waals surface area (Å²) in [6, 6.07) is 4.28. The van der Waals surface area contributed by atoms with Gasteiger partial charge >= 0.3 is 0 Å². The topological polar surface area (TPSA) is 17.1 Å². The number of hydrogen-bond donors (Lipinski definition) is 0. The zero-order chi connectivity index (χ0) is 12.4. The highest BCUT2D eigenvalue weighted by Gasteiger charge is 2.08. The molecule has 0 amide bonds. The average molecular weight is 244 g/mol. The lowest BCUT2D eigenvalue weighted by atomic mass is 9.95. The molecule has 0 aliphatic carbocycles. The molecule has 0 unspecified atom stereocenters. The normalized spacial score (nSPS) is 12.4. The van der Waals surface area contributed by atoms with Gasteiger partial charge in [-0.2, -0.15) is 11.3 Å². The minimum atomic E-state index is 0.525. The van der Waals surface area contributed by atoms with Crippen LogP contribution < -0.4 is 0 Å². The number of carbonyl (C=O) groups excluding carboxylic acids is 1. The number of thiophene rings is 1. The summed E-state index contributed by atoms with van der Waals surface area (Å²) in [5.41, 5.74) is 3.27. The monoisotopic (exact) mass is 244 g/mol. The molecule has 0 saturated heterocycles. The summed E-state index contributed by atoms with van der Waals surface area (Å²) in [6.45, 7) is 6.25. The van der Waals surface area contributed by atoms with E-state index in [-0.39, 0.29) is 0 Å². The average Bonchev–Trinajstić information content (AvgIpc) is 2.77. The van der Waals surface area contributed by atoms with E-state index in [0.29, 0.717) is 5.92 Å². The zero-order valence-corrected chi connectivity index (χ0v) is 11.2. The van der Waals surface area contributed by atoms with E-state index in [0.717, 1.165) is 17.4 Å². The maximum atomic E-state index is 10.7. The first-order valence-corrected chi connectivity index (χ1v) is 6.70.